The number of carbonyl (C=O) groups excluding carboxylic acids is 2. The van der Waals surface area contributed by atoms with E-state index in [9.17, 15) is 18.0 Å². The summed E-state index contributed by atoms with van der Waals surface area (Å²) >= 11 is 0. The summed E-state index contributed by atoms with van der Waals surface area (Å²) in [6.07, 6.45) is 4.07. The van der Waals surface area contributed by atoms with Gasteiger partial charge in [-0.15, -0.1) is 0 Å². The fourth-order valence-corrected chi connectivity index (χ4v) is 6.04. The maximum absolute atomic E-state index is 13.4. The topological polar surface area (TPSA) is 96.0 Å². The molecule has 0 aliphatic carbocycles. The number of piperidine rings is 1. The molecule has 0 aromatic heterocycles. The first-order valence-electron chi connectivity index (χ1n) is 13.0. The van der Waals surface area contributed by atoms with Crippen LogP contribution in [0.25, 0.3) is 0 Å². The van der Waals surface area contributed by atoms with Gasteiger partial charge in [0.25, 0.3) is 0 Å². The fraction of sp³-hybridized carbons (Fsp3) is 0.500. The van der Waals surface area contributed by atoms with Crippen molar-refractivity contribution in [2.24, 2.45) is 5.41 Å². The Bertz CT molecular complexity index is 1180. The molecule has 2 aliphatic heterocycles. The van der Waals surface area contributed by atoms with Crippen LogP contribution in [-0.2, 0) is 25.9 Å². The highest BCUT2D eigenvalue weighted by molar-refractivity contribution is 7.90. The first kappa shape index (κ1) is 27.1. The van der Waals surface area contributed by atoms with E-state index in [-0.39, 0.29) is 17.4 Å². The van der Waals surface area contributed by atoms with Gasteiger partial charge in [-0.25, -0.2) is 13.2 Å². The largest absolute Gasteiger partial charge is 0.450 e. The number of nitrogens with one attached hydrogen (secondary N) is 1. The lowest BCUT2D eigenvalue weighted by Gasteiger charge is -2.38. The van der Waals surface area contributed by atoms with E-state index in [2.05, 4.69) is 10.2 Å². The van der Waals surface area contributed by atoms with Gasteiger partial charge in [0.2, 0.25) is 5.91 Å². The maximum atomic E-state index is 13.4. The van der Waals surface area contributed by atoms with Gasteiger partial charge in [-0.2, -0.15) is 0 Å². The lowest BCUT2D eigenvalue weighted by atomic mass is 9.77. The number of sulfone groups is 1. The number of amides is 2. The molecule has 1 unspecified atom stereocenters. The standard InChI is InChI=1S/C28H37N3O5S/c1-3-36-27(33)29-25(23-7-5-4-6-8-23)13-17-30-18-14-28(15-19-30)16-20-31(26(28)32)21-22-9-11-24(12-10-22)37(2,34)35/h4-12,25H,3,13-21H2,1-2H3,(H,29,33). The van der Waals surface area contributed by atoms with E-state index in [1.807, 2.05) is 35.2 Å². The number of rotatable bonds is 9. The summed E-state index contributed by atoms with van der Waals surface area (Å²) in [6.45, 7) is 5.89. The molecule has 0 radical (unpaired) electrons. The van der Waals surface area contributed by atoms with Gasteiger partial charge < -0.3 is 19.9 Å². The Morgan fingerprint density at radius 2 is 1.68 bits per heavy atom. The number of hydrogen-bond donors (Lipinski definition) is 1. The predicted molar refractivity (Wildman–Crippen MR) is 142 cm³/mol. The average molecular weight is 528 g/mol. The van der Waals surface area contributed by atoms with Crippen LogP contribution in [0.15, 0.2) is 59.5 Å². The van der Waals surface area contributed by atoms with Crippen molar-refractivity contribution in [2.45, 2.75) is 50.1 Å². The second-order valence-electron chi connectivity index (χ2n) is 10.1. The Labute approximate surface area is 219 Å². The maximum Gasteiger partial charge on any atom is 0.407 e. The van der Waals surface area contributed by atoms with E-state index in [0.717, 1.165) is 63.0 Å². The summed E-state index contributed by atoms with van der Waals surface area (Å²) in [5.74, 6) is 0.213. The first-order valence-corrected chi connectivity index (χ1v) is 14.9. The molecule has 4 rings (SSSR count). The van der Waals surface area contributed by atoms with E-state index in [1.165, 1.54) is 6.26 Å². The summed E-state index contributed by atoms with van der Waals surface area (Å²) in [5, 5.41) is 2.99. The second kappa shape index (κ2) is 11.6. The fourth-order valence-electron chi connectivity index (χ4n) is 5.41. The molecule has 9 heteroatoms. The number of nitrogens with zero attached hydrogens (tertiary/aromatic N) is 2. The quantitative estimate of drug-likeness (QED) is 0.533. The average Bonchev–Trinajstić information content (AvgIpc) is 3.18. The summed E-state index contributed by atoms with van der Waals surface area (Å²) < 4.78 is 28.5. The van der Waals surface area contributed by atoms with Crippen molar-refractivity contribution in [1.29, 1.82) is 0 Å². The van der Waals surface area contributed by atoms with Crippen molar-refractivity contribution in [3.8, 4) is 0 Å². The zero-order chi connectivity index (χ0) is 26.5. The molecule has 8 nitrogen and oxygen atoms in total. The van der Waals surface area contributed by atoms with Crippen molar-refractivity contribution < 1.29 is 22.7 Å². The molecule has 2 heterocycles. The van der Waals surface area contributed by atoms with Gasteiger partial charge in [0.15, 0.2) is 9.84 Å². The Morgan fingerprint density at radius 1 is 1.03 bits per heavy atom. The molecule has 2 aromatic rings. The van der Waals surface area contributed by atoms with Crippen LogP contribution < -0.4 is 5.32 Å². The summed E-state index contributed by atoms with van der Waals surface area (Å²) in [6, 6.07) is 16.6. The highest BCUT2D eigenvalue weighted by Gasteiger charge is 2.47. The van der Waals surface area contributed by atoms with Crippen LogP contribution in [0.2, 0.25) is 0 Å². The Hall–Kier alpha value is -2.91. The SMILES string of the molecule is CCOC(=O)NC(CCN1CCC2(CC1)CCN(Cc1ccc(S(C)(=O)=O)cc1)C2=O)c1ccccc1. The van der Waals surface area contributed by atoms with E-state index < -0.39 is 15.9 Å². The van der Waals surface area contributed by atoms with Gasteiger partial charge in [0.1, 0.15) is 0 Å². The van der Waals surface area contributed by atoms with Gasteiger partial charge in [0.05, 0.1) is 23.0 Å². The van der Waals surface area contributed by atoms with Gasteiger partial charge in [-0.3, -0.25) is 4.79 Å². The van der Waals surface area contributed by atoms with E-state index in [4.69, 9.17) is 4.74 Å². The molecule has 2 aliphatic rings. The number of ether oxygens (including phenoxy) is 1. The summed E-state index contributed by atoms with van der Waals surface area (Å²) in [7, 11) is -3.23. The minimum Gasteiger partial charge on any atom is -0.450 e. The molecular formula is C28H37N3O5S. The molecule has 1 N–H and O–H groups in total. The van der Waals surface area contributed by atoms with Crippen molar-refractivity contribution >= 4 is 21.8 Å². The molecule has 2 aromatic carbocycles. The highest BCUT2D eigenvalue weighted by atomic mass is 32.2. The smallest absolute Gasteiger partial charge is 0.407 e. The molecule has 2 fully saturated rings. The number of likely N-dealkylation sites (tertiary alicyclic amines) is 2. The number of benzene rings is 2. The normalized spacial score (nSPS) is 18.6. The van der Waals surface area contributed by atoms with Crippen LogP contribution in [0.3, 0.4) is 0 Å². The minimum absolute atomic E-state index is 0.131. The third-order valence-corrected chi connectivity index (χ3v) is 8.77. The van der Waals surface area contributed by atoms with Gasteiger partial charge in [-0.05, 0) is 69.0 Å². The molecule has 200 valence electrons. The molecule has 2 saturated heterocycles. The lowest BCUT2D eigenvalue weighted by Crippen LogP contribution is -2.45. The number of hydrogen-bond acceptors (Lipinski definition) is 6. The Balaban J connectivity index is 1.30. The number of carbonyl (C=O) groups is 2. The van der Waals surface area contributed by atoms with Gasteiger partial charge in [-0.1, -0.05) is 42.5 Å². The van der Waals surface area contributed by atoms with Gasteiger partial charge >= 0.3 is 6.09 Å². The molecular weight excluding hydrogens is 490 g/mol. The number of alkyl carbamates (subject to hydrolysis) is 1. The molecule has 0 bridgehead atoms. The zero-order valence-corrected chi connectivity index (χ0v) is 22.5. The summed E-state index contributed by atoms with van der Waals surface area (Å²) in [5.41, 5.74) is 1.69. The van der Waals surface area contributed by atoms with Crippen molar-refractivity contribution in [3.63, 3.8) is 0 Å². The van der Waals surface area contributed by atoms with Crippen LogP contribution in [0.5, 0.6) is 0 Å². The Morgan fingerprint density at radius 3 is 2.30 bits per heavy atom. The van der Waals surface area contributed by atoms with Crippen molar-refractivity contribution in [2.75, 3.05) is 39.0 Å². The van der Waals surface area contributed by atoms with Crippen LogP contribution >= 0.6 is 0 Å². The first-order chi connectivity index (χ1) is 17.7. The molecule has 37 heavy (non-hydrogen) atoms. The van der Waals surface area contributed by atoms with Crippen molar-refractivity contribution in [3.05, 3.63) is 65.7 Å². The summed E-state index contributed by atoms with van der Waals surface area (Å²) in [4.78, 5) is 30.1. The van der Waals surface area contributed by atoms with Crippen LogP contribution in [0.1, 0.15) is 49.8 Å². The van der Waals surface area contributed by atoms with E-state index >= 15 is 0 Å². The Kier molecular flexibility index (Phi) is 8.54. The van der Waals surface area contributed by atoms with Crippen LogP contribution in [0.4, 0.5) is 4.79 Å². The molecule has 0 saturated carbocycles. The monoisotopic (exact) mass is 527 g/mol. The van der Waals surface area contributed by atoms with Crippen LogP contribution in [-0.4, -0.2) is 69.3 Å². The predicted octanol–water partition coefficient (Wildman–Crippen LogP) is 3.78. The lowest BCUT2D eigenvalue weighted by molar-refractivity contribution is -0.138. The van der Waals surface area contributed by atoms with E-state index in [1.54, 1.807) is 31.2 Å². The second-order valence-corrected chi connectivity index (χ2v) is 12.1. The highest BCUT2D eigenvalue weighted by Crippen LogP contribution is 2.42. The molecule has 1 atom stereocenters. The molecule has 2 amide bonds. The zero-order valence-electron chi connectivity index (χ0n) is 21.7. The van der Waals surface area contributed by atoms with Crippen LogP contribution in [0, 0.1) is 5.41 Å². The third kappa shape index (κ3) is 6.70. The minimum atomic E-state index is -3.23. The third-order valence-electron chi connectivity index (χ3n) is 7.64. The van der Waals surface area contributed by atoms with E-state index in [0.29, 0.717) is 18.0 Å². The molecule has 1 spiro atoms. The van der Waals surface area contributed by atoms with Crippen molar-refractivity contribution in [1.82, 2.24) is 15.1 Å². The van der Waals surface area contributed by atoms with Gasteiger partial charge in [0, 0.05) is 25.9 Å².